The van der Waals surface area contributed by atoms with E-state index < -0.39 is 0 Å². The fourth-order valence-corrected chi connectivity index (χ4v) is 1.26. The smallest absolute Gasteiger partial charge is 1.00 e. The second kappa shape index (κ2) is 7.18. The normalized spacial score (nSPS) is 10.9. The first-order chi connectivity index (χ1) is 4.59. The second-order valence-corrected chi connectivity index (χ2v) is 3.21. The molecule has 0 aromatic rings. The average Bonchev–Trinajstić information content (AvgIpc) is 1.81. The Bertz CT molecular complexity index is 81.1. The zero-order valence-corrected chi connectivity index (χ0v) is 8.59. The molecule has 0 fully saturated rings. The second-order valence-electron chi connectivity index (χ2n) is 3.21. The Hall–Kier alpha value is 0.517. The van der Waals surface area contributed by atoms with Crippen LogP contribution in [0.15, 0.2) is 0 Å². The minimum atomic E-state index is 0. The molecule has 0 saturated carbocycles. The van der Waals surface area contributed by atoms with Crippen molar-refractivity contribution in [2.45, 2.75) is 39.8 Å². The van der Waals surface area contributed by atoms with E-state index in [2.05, 4.69) is 32.6 Å². The maximum atomic E-state index is 5.46. The molecule has 0 unspecified atom stereocenters. The van der Waals surface area contributed by atoms with Crippen LogP contribution in [0.5, 0.6) is 0 Å². The van der Waals surface area contributed by atoms with Gasteiger partial charge >= 0.3 is 18.9 Å². The Morgan fingerprint density at radius 3 is 1.64 bits per heavy atom. The van der Waals surface area contributed by atoms with Gasteiger partial charge in [-0.3, -0.25) is 4.90 Å². The fourth-order valence-electron chi connectivity index (χ4n) is 1.26. The summed E-state index contributed by atoms with van der Waals surface area (Å²) >= 11 is 0. The third-order valence-corrected chi connectivity index (χ3v) is 1.71. The predicted octanol–water partition coefficient (Wildman–Crippen LogP) is -1.82. The fraction of sp³-hybridized carbons (Fsp3) is 1.00. The maximum Gasteiger partial charge on any atom is 1.00 e. The average molecular weight is 152 g/mol. The van der Waals surface area contributed by atoms with Gasteiger partial charge in [0, 0.05) is 25.2 Å². The largest absolute Gasteiger partial charge is 1.00 e. The van der Waals surface area contributed by atoms with E-state index in [0.717, 1.165) is 13.1 Å². The van der Waals surface area contributed by atoms with Crippen LogP contribution in [0.4, 0.5) is 0 Å². The van der Waals surface area contributed by atoms with Gasteiger partial charge in [0.05, 0.1) is 0 Å². The molecule has 0 aromatic heterocycles. The predicted molar refractivity (Wildman–Crippen MR) is 47.1 cm³/mol. The van der Waals surface area contributed by atoms with Crippen LogP contribution in [0.1, 0.15) is 29.1 Å². The van der Waals surface area contributed by atoms with Gasteiger partial charge in [-0.25, -0.2) is 0 Å². The van der Waals surface area contributed by atoms with Crippen LogP contribution in [-0.2, 0) is 0 Å². The molecule has 0 aliphatic heterocycles. The molecule has 0 aliphatic carbocycles. The van der Waals surface area contributed by atoms with Crippen molar-refractivity contribution >= 4 is 0 Å². The van der Waals surface area contributed by atoms with Crippen LogP contribution in [0.2, 0.25) is 0 Å². The summed E-state index contributed by atoms with van der Waals surface area (Å²) in [6.45, 7) is 10.6. The zero-order valence-electron chi connectivity index (χ0n) is 9.59. The first-order valence-electron chi connectivity index (χ1n) is 4.05. The number of nitrogens with two attached hydrogens (primary N) is 1. The van der Waals surface area contributed by atoms with Gasteiger partial charge in [-0.2, -0.15) is 0 Å². The molecular formula is C8H21LiN2. The van der Waals surface area contributed by atoms with Crippen molar-refractivity contribution in [2.24, 2.45) is 5.73 Å². The number of nitrogens with zero attached hydrogens (tertiary/aromatic N) is 1. The van der Waals surface area contributed by atoms with Crippen molar-refractivity contribution in [1.29, 1.82) is 0 Å². The molecule has 2 nitrogen and oxygen atoms in total. The molecule has 0 amide bonds. The summed E-state index contributed by atoms with van der Waals surface area (Å²) in [6, 6.07) is 1.23. The maximum absolute atomic E-state index is 5.46. The van der Waals surface area contributed by atoms with Crippen molar-refractivity contribution < 1.29 is 20.3 Å². The summed E-state index contributed by atoms with van der Waals surface area (Å²) < 4.78 is 0. The molecule has 2 N–H and O–H groups in total. The summed E-state index contributed by atoms with van der Waals surface area (Å²) in [5.74, 6) is 0. The molecule has 64 valence electrons. The summed E-state index contributed by atoms with van der Waals surface area (Å²) in [4.78, 5) is 2.39. The van der Waals surface area contributed by atoms with Crippen LogP contribution < -0.4 is 24.6 Å². The van der Waals surface area contributed by atoms with E-state index in [0.29, 0.717) is 12.1 Å². The van der Waals surface area contributed by atoms with Gasteiger partial charge < -0.3 is 7.16 Å². The standard InChI is InChI=1S/C8H20N2.Li.H/c1-7(2)10(6-5-9)8(3)4;;/h7-8H,5-6,9H2,1-4H3;;/q;+1;-1. The molecule has 0 spiro atoms. The molecule has 0 bridgehead atoms. The van der Waals surface area contributed by atoms with Gasteiger partial charge in [0.1, 0.15) is 0 Å². The first-order valence-corrected chi connectivity index (χ1v) is 4.05. The van der Waals surface area contributed by atoms with Crippen molar-refractivity contribution in [3.8, 4) is 0 Å². The summed E-state index contributed by atoms with van der Waals surface area (Å²) in [5.41, 5.74) is 5.46. The van der Waals surface area contributed by atoms with Crippen molar-refractivity contribution in [3.05, 3.63) is 0 Å². The van der Waals surface area contributed by atoms with Crippen LogP contribution in [-0.4, -0.2) is 30.1 Å². The first kappa shape index (κ1) is 14.1. The Labute approximate surface area is 84.2 Å². The molecule has 11 heavy (non-hydrogen) atoms. The minimum absolute atomic E-state index is 0. The van der Waals surface area contributed by atoms with Gasteiger partial charge in [0.15, 0.2) is 0 Å². The van der Waals surface area contributed by atoms with Crippen LogP contribution in [0.3, 0.4) is 0 Å². The number of hydrogen-bond donors (Lipinski definition) is 1. The summed E-state index contributed by atoms with van der Waals surface area (Å²) in [7, 11) is 0. The molecule has 0 aromatic carbocycles. The topological polar surface area (TPSA) is 29.3 Å². The Morgan fingerprint density at radius 1 is 1.18 bits per heavy atom. The Balaban J connectivity index is -0.000000405. The van der Waals surface area contributed by atoms with Gasteiger partial charge in [0.2, 0.25) is 0 Å². The molecule has 3 heteroatoms. The molecule has 0 saturated heterocycles. The molecule has 0 atom stereocenters. The van der Waals surface area contributed by atoms with Crippen LogP contribution >= 0.6 is 0 Å². The Kier molecular flexibility index (Phi) is 9.18. The van der Waals surface area contributed by atoms with Gasteiger partial charge in [-0.1, -0.05) is 0 Å². The quantitative estimate of drug-likeness (QED) is 0.481. The molecule has 0 rings (SSSR count). The minimum Gasteiger partial charge on any atom is -1.00 e. The molecule has 0 radical (unpaired) electrons. The van der Waals surface area contributed by atoms with Crippen LogP contribution in [0.25, 0.3) is 0 Å². The summed E-state index contributed by atoms with van der Waals surface area (Å²) in [6.07, 6.45) is 0. The van der Waals surface area contributed by atoms with Crippen LogP contribution in [0, 0.1) is 0 Å². The Morgan fingerprint density at radius 2 is 1.55 bits per heavy atom. The van der Waals surface area contributed by atoms with E-state index in [4.69, 9.17) is 5.73 Å². The van der Waals surface area contributed by atoms with Crippen molar-refractivity contribution in [2.75, 3.05) is 13.1 Å². The van der Waals surface area contributed by atoms with E-state index in [1.807, 2.05) is 0 Å². The van der Waals surface area contributed by atoms with E-state index >= 15 is 0 Å². The van der Waals surface area contributed by atoms with E-state index in [1.54, 1.807) is 0 Å². The summed E-state index contributed by atoms with van der Waals surface area (Å²) in [5, 5.41) is 0. The number of hydrogen-bond acceptors (Lipinski definition) is 2. The number of rotatable bonds is 4. The molecule has 0 aliphatic rings. The van der Waals surface area contributed by atoms with E-state index in [-0.39, 0.29) is 20.3 Å². The van der Waals surface area contributed by atoms with E-state index in [9.17, 15) is 0 Å². The third kappa shape index (κ3) is 5.75. The van der Waals surface area contributed by atoms with Gasteiger partial charge in [-0.15, -0.1) is 0 Å². The zero-order chi connectivity index (χ0) is 8.15. The molecular weight excluding hydrogens is 131 g/mol. The SMILES string of the molecule is CC(C)N(CCN)C(C)C.[H-].[Li+]. The van der Waals surface area contributed by atoms with E-state index in [1.165, 1.54) is 0 Å². The van der Waals surface area contributed by atoms with Gasteiger partial charge in [0.25, 0.3) is 0 Å². The van der Waals surface area contributed by atoms with Crippen molar-refractivity contribution in [1.82, 2.24) is 4.90 Å². The molecule has 0 heterocycles. The third-order valence-electron chi connectivity index (χ3n) is 1.71. The van der Waals surface area contributed by atoms with Crippen molar-refractivity contribution in [3.63, 3.8) is 0 Å². The monoisotopic (exact) mass is 152 g/mol. The van der Waals surface area contributed by atoms with Gasteiger partial charge in [-0.05, 0) is 27.7 Å².